The number of halogens is 2. The first-order valence-corrected chi connectivity index (χ1v) is 6.80. The van der Waals surface area contributed by atoms with Gasteiger partial charge in [0, 0.05) is 6.04 Å². The lowest BCUT2D eigenvalue weighted by Crippen LogP contribution is -2.35. The van der Waals surface area contributed by atoms with Crippen LogP contribution in [0.5, 0.6) is 0 Å². The summed E-state index contributed by atoms with van der Waals surface area (Å²) in [7, 11) is 0. The third-order valence-electron chi connectivity index (χ3n) is 3.14. The molecule has 1 saturated carbocycles. The van der Waals surface area contributed by atoms with Crippen molar-refractivity contribution in [2.24, 2.45) is 5.92 Å². The second kappa shape index (κ2) is 5.91. The second-order valence-electron chi connectivity index (χ2n) is 4.65. The molecule has 0 aliphatic heterocycles. The third kappa shape index (κ3) is 3.61. The number of hydrogen-bond acceptors (Lipinski definition) is 2. The van der Waals surface area contributed by atoms with E-state index in [-0.39, 0.29) is 12.5 Å². The van der Waals surface area contributed by atoms with Gasteiger partial charge in [0.1, 0.15) is 0 Å². The maximum atomic E-state index is 11.8. The van der Waals surface area contributed by atoms with Crippen LogP contribution in [0.25, 0.3) is 0 Å². The molecule has 0 heterocycles. The summed E-state index contributed by atoms with van der Waals surface area (Å²) >= 11 is 12.0. The zero-order chi connectivity index (χ0) is 13.1. The van der Waals surface area contributed by atoms with Gasteiger partial charge in [0.05, 0.1) is 22.3 Å². The number of hydrogen-bond donors (Lipinski definition) is 2. The second-order valence-corrected chi connectivity index (χ2v) is 5.47. The van der Waals surface area contributed by atoms with Crippen molar-refractivity contribution in [1.29, 1.82) is 0 Å². The van der Waals surface area contributed by atoms with Crippen LogP contribution in [0.1, 0.15) is 19.8 Å². The minimum absolute atomic E-state index is 0.127. The van der Waals surface area contributed by atoms with Crippen molar-refractivity contribution in [1.82, 2.24) is 5.32 Å². The summed E-state index contributed by atoms with van der Waals surface area (Å²) in [5, 5.41) is 6.83. The Kier molecular flexibility index (Phi) is 4.49. The molecular formula is C13H16Cl2N2O. The van der Waals surface area contributed by atoms with E-state index in [0.29, 0.717) is 21.8 Å². The van der Waals surface area contributed by atoms with E-state index in [0.717, 1.165) is 5.92 Å². The summed E-state index contributed by atoms with van der Waals surface area (Å²) in [6.45, 7) is 2.38. The molecule has 0 aromatic heterocycles. The third-order valence-corrected chi connectivity index (χ3v) is 3.77. The van der Waals surface area contributed by atoms with Gasteiger partial charge in [0.15, 0.2) is 0 Å². The summed E-state index contributed by atoms with van der Waals surface area (Å²) in [5.74, 6) is 0.596. The van der Waals surface area contributed by atoms with E-state index < -0.39 is 0 Å². The van der Waals surface area contributed by atoms with E-state index >= 15 is 0 Å². The van der Waals surface area contributed by atoms with Crippen LogP contribution in [0, 0.1) is 5.92 Å². The molecule has 1 fully saturated rings. The molecule has 0 spiro atoms. The lowest BCUT2D eigenvalue weighted by atomic mass is 10.2. The number of anilines is 1. The van der Waals surface area contributed by atoms with Crippen molar-refractivity contribution < 1.29 is 4.79 Å². The van der Waals surface area contributed by atoms with Crippen molar-refractivity contribution in [2.75, 3.05) is 11.9 Å². The summed E-state index contributed by atoms with van der Waals surface area (Å²) < 4.78 is 0. The van der Waals surface area contributed by atoms with Gasteiger partial charge in [0.25, 0.3) is 0 Å². The van der Waals surface area contributed by atoms with E-state index in [9.17, 15) is 4.79 Å². The molecule has 18 heavy (non-hydrogen) atoms. The zero-order valence-corrected chi connectivity index (χ0v) is 11.7. The van der Waals surface area contributed by atoms with E-state index in [1.807, 2.05) is 0 Å². The molecule has 1 aromatic rings. The van der Waals surface area contributed by atoms with Crippen LogP contribution in [0.15, 0.2) is 18.2 Å². The Hall–Kier alpha value is -0.770. The van der Waals surface area contributed by atoms with Gasteiger partial charge in [-0.2, -0.15) is 0 Å². The molecule has 1 aliphatic rings. The molecule has 5 heteroatoms. The normalized spacial score (nSPS) is 16.4. The molecule has 3 nitrogen and oxygen atoms in total. The summed E-state index contributed by atoms with van der Waals surface area (Å²) in [5.41, 5.74) is 0.478. The number of para-hydroxylation sites is 1. The first-order valence-electron chi connectivity index (χ1n) is 6.05. The molecule has 0 radical (unpaired) electrons. The number of amides is 1. The highest BCUT2D eigenvalue weighted by molar-refractivity contribution is 6.39. The average Bonchev–Trinajstić information content (AvgIpc) is 3.15. The molecule has 98 valence electrons. The number of carbonyl (C=O) groups excluding carboxylic acids is 1. The number of carbonyl (C=O) groups is 1. The van der Waals surface area contributed by atoms with Crippen molar-refractivity contribution >= 4 is 34.8 Å². The Morgan fingerprint density at radius 3 is 2.56 bits per heavy atom. The smallest absolute Gasteiger partial charge is 0.238 e. The van der Waals surface area contributed by atoms with Gasteiger partial charge in [0.2, 0.25) is 5.91 Å². The quantitative estimate of drug-likeness (QED) is 0.872. The van der Waals surface area contributed by atoms with Crippen molar-refractivity contribution in [3.63, 3.8) is 0 Å². The number of nitrogens with one attached hydrogen (secondary N) is 2. The first-order chi connectivity index (χ1) is 8.58. The van der Waals surface area contributed by atoms with Gasteiger partial charge in [-0.05, 0) is 37.8 Å². The first kappa shape index (κ1) is 13.7. The van der Waals surface area contributed by atoms with E-state index in [2.05, 4.69) is 17.6 Å². The molecule has 1 aliphatic carbocycles. The van der Waals surface area contributed by atoms with Gasteiger partial charge >= 0.3 is 0 Å². The monoisotopic (exact) mass is 286 g/mol. The Morgan fingerprint density at radius 1 is 1.39 bits per heavy atom. The van der Waals surface area contributed by atoms with Crippen molar-refractivity contribution in [3.05, 3.63) is 28.2 Å². The molecule has 1 atom stereocenters. The van der Waals surface area contributed by atoms with Gasteiger partial charge in [-0.25, -0.2) is 0 Å². The number of rotatable bonds is 5. The van der Waals surface area contributed by atoms with E-state index in [1.165, 1.54) is 12.8 Å². The van der Waals surface area contributed by atoms with E-state index in [4.69, 9.17) is 23.2 Å². The molecule has 2 N–H and O–H groups in total. The molecule has 1 unspecified atom stereocenters. The van der Waals surface area contributed by atoms with Crippen LogP contribution in [-0.2, 0) is 4.79 Å². The van der Waals surface area contributed by atoms with Crippen LogP contribution in [-0.4, -0.2) is 18.5 Å². The summed E-state index contributed by atoms with van der Waals surface area (Å²) in [6, 6.07) is 5.53. The van der Waals surface area contributed by atoms with Gasteiger partial charge in [-0.3, -0.25) is 4.79 Å². The SMILES string of the molecule is CC(NCC(=O)Nc1c(Cl)cccc1Cl)C1CC1. The maximum Gasteiger partial charge on any atom is 0.238 e. The van der Waals surface area contributed by atoms with Gasteiger partial charge in [-0.1, -0.05) is 29.3 Å². The zero-order valence-electron chi connectivity index (χ0n) is 10.2. The topological polar surface area (TPSA) is 41.1 Å². The highest BCUT2D eigenvalue weighted by Crippen LogP contribution is 2.32. The van der Waals surface area contributed by atoms with E-state index in [1.54, 1.807) is 18.2 Å². The minimum atomic E-state index is -0.127. The lowest BCUT2D eigenvalue weighted by molar-refractivity contribution is -0.115. The maximum absolute atomic E-state index is 11.8. The minimum Gasteiger partial charge on any atom is -0.322 e. The predicted molar refractivity (Wildman–Crippen MR) is 75.3 cm³/mol. The van der Waals surface area contributed by atoms with Crippen LogP contribution in [0.3, 0.4) is 0 Å². The van der Waals surface area contributed by atoms with Gasteiger partial charge < -0.3 is 10.6 Å². The Labute approximate surface area is 117 Å². The fraction of sp³-hybridized carbons (Fsp3) is 0.462. The summed E-state index contributed by atoms with van der Waals surface area (Å²) in [6.07, 6.45) is 2.51. The molecule has 1 amide bonds. The molecule has 1 aromatic carbocycles. The standard InChI is InChI=1S/C13H16Cl2N2O/c1-8(9-5-6-9)16-7-12(18)17-13-10(14)3-2-4-11(13)15/h2-4,8-9,16H,5-7H2,1H3,(H,17,18). The Bertz CT molecular complexity index is 426. The fourth-order valence-electron chi connectivity index (χ4n) is 1.82. The average molecular weight is 287 g/mol. The van der Waals surface area contributed by atoms with Crippen LogP contribution >= 0.6 is 23.2 Å². The highest BCUT2D eigenvalue weighted by atomic mass is 35.5. The predicted octanol–water partition coefficient (Wildman–Crippen LogP) is 3.32. The molecule has 0 saturated heterocycles. The lowest BCUT2D eigenvalue weighted by Gasteiger charge is -2.13. The molecular weight excluding hydrogens is 271 g/mol. The number of benzene rings is 1. The Balaban J connectivity index is 1.86. The fourth-order valence-corrected chi connectivity index (χ4v) is 2.31. The van der Waals surface area contributed by atoms with Crippen LogP contribution in [0.2, 0.25) is 10.0 Å². The van der Waals surface area contributed by atoms with Crippen LogP contribution in [0.4, 0.5) is 5.69 Å². The highest BCUT2D eigenvalue weighted by Gasteiger charge is 2.27. The largest absolute Gasteiger partial charge is 0.322 e. The van der Waals surface area contributed by atoms with Crippen molar-refractivity contribution in [3.8, 4) is 0 Å². The molecule has 2 rings (SSSR count). The summed E-state index contributed by atoms with van der Waals surface area (Å²) in [4.78, 5) is 11.8. The van der Waals surface area contributed by atoms with Gasteiger partial charge in [-0.15, -0.1) is 0 Å². The van der Waals surface area contributed by atoms with Crippen molar-refractivity contribution in [2.45, 2.75) is 25.8 Å². The Morgan fingerprint density at radius 2 is 2.00 bits per heavy atom. The van der Waals surface area contributed by atoms with Crippen LogP contribution < -0.4 is 10.6 Å². The molecule has 0 bridgehead atoms.